The van der Waals surface area contributed by atoms with E-state index in [4.69, 9.17) is 10.3 Å². The van der Waals surface area contributed by atoms with Crippen molar-refractivity contribution in [1.82, 2.24) is 0 Å². The van der Waals surface area contributed by atoms with Crippen molar-refractivity contribution in [2.45, 2.75) is 24.6 Å². The summed E-state index contributed by atoms with van der Waals surface area (Å²) in [5, 5.41) is 0. The predicted octanol–water partition coefficient (Wildman–Crippen LogP) is -0.172. The van der Waals surface area contributed by atoms with Gasteiger partial charge in [-0.3, -0.25) is 4.55 Å². The molecular weight excluding hydrogens is 213 g/mol. The first kappa shape index (κ1) is 14.3. The third kappa shape index (κ3) is 2.68. The normalized spacial score (nSPS) is 32.0. The van der Waals surface area contributed by atoms with E-state index in [0.717, 1.165) is 5.57 Å². The molecule has 1 aliphatic rings. The molecule has 3 N–H and O–H groups in total. The summed E-state index contributed by atoms with van der Waals surface area (Å²) in [7, 11) is -4.10. The van der Waals surface area contributed by atoms with Crippen molar-refractivity contribution < 1.29 is 13.0 Å². The average molecular weight is 227 g/mol. The zero-order chi connectivity index (χ0) is 10.3. The zero-order valence-corrected chi connectivity index (χ0v) is 8.38. The van der Waals surface area contributed by atoms with Gasteiger partial charge in [-0.05, 0) is 13.8 Å². The van der Waals surface area contributed by atoms with Crippen LogP contribution in [0.5, 0.6) is 0 Å². The van der Waals surface area contributed by atoms with Gasteiger partial charge in [0.15, 0.2) is 0 Å². The molecule has 0 radical (unpaired) electrons. The van der Waals surface area contributed by atoms with Crippen molar-refractivity contribution in [1.29, 1.82) is 0 Å². The third-order valence-electron chi connectivity index (χ3n) is 2.23. The Morgan fingerprint density at radius 2 is 2.07 bits per heavy atom. The molecule has 1 rings (SSSR count). The van der Waals surface area contributed by atoms with Gasteiger partial charge >= 0.3 is 29.6 Å². The van der Waals surface area contributed by atoms with E-state index in [2.05, 4.69) is 0 Å². The third-order valence-corrected chi connectivity index (χ3v) is 3.60. The Morgan fingerprint density at radius 1 is 1.57 bits per heavy atom. The predicted molar refractivity (Wildman–Crippen MR) is 58.0 cm³/mol. The van der Waals surface area contributed by atoms with Gasteiger partial charge in [0.05, 0.1) is 0 Å². The summed E-state index contributed by atoms with van der Waals surface area (Å²) in [4.78, 5) is 0. The van der Waals surface area contributed by atoms with Crippen molar-refractivity contribution in [2.24, 2.45) is 5.73 Å². The number of hydrogen-bond acceptors (Lipinski definition) is 3. The Hall–Kier alpha value is 0.350. The molecule has 0 fully saturated rings. The maximum atomic E-state index is 11.0. The van der Waals surface area contributed by atoms with Gasteiger partial charge in [0.1, 0.15) is 4.75 Å². The standard InChI is InChI=1S/C8H13NO3S.Na.H/c1-6-5-8(2,13(10,11)12)4-3-7(6)9;;/h3-5,7H,9H2,1-2H3,(H,10,11,12);;. The summed E-state index contributed by atoms with van der Waals surface area (Å²) in [6, 6.07) is -0.255. The van der Waals surface area contributed by atoms with Gasteiger partial charge in [-0.15, -0.1) is 0 Å². The molecule has 6 heteroatoms. The van der Waals surface area contributed by atoms with E-state index in [1.807, 2.05) is 0 Å². The minimum absolute atomic E-state index is 0. The SMILES string of the molecule is CC1=CC(C)(S(=O)(=O)O)C=CC1N.[NaH]. The summed E-state index contributed by atoms with van der Waals surface area (Å²) in [6.45, 7) is 3.16. The van der Waals surface area contributed by atoms with Crippen molar-refractivity contribution >= 4 is 39.7 Å². The molecule has 0 amide bonds. The Bertz CT molecular complexity index is 374. The Morgan fingerprint density at radius 3 is 2.43 bits per heavy atom. The molecule has 0 aromatic heterocycles. The van der Waals surface area contributed by atoms with E-state index in [1.165, 1.54) is 19.1 Å². The average Bonchev–Trinajstić information content (AvgIpc) is 1.95. The Balaban J connectivity index is 0.00000169. The van der Waals surface area contributed by atoms with Gasteiger partial charge in [-0.2, -0.15) is 8.42 Å². The van der Waals surface area contributed by atoms with Crippen LogP contribution in [0.25, 0.3) is 0 Å². The molecule has 0 aliphatic heterocycles. The van der Waals surface area contributed by atoms with Crippen LogP contribution >= 0.6 is 0 Å². The fraction of sp³-hybridized carbons (Fsp3) is 0.500. The van der Waals surface area contributed by atoms with Gasteiger partial charge in [0.25, 0.3) is 10.1 Å². The van der Waals surface area contributed by atoms with Crippen LogP contribution in [0, 0.1) is 0 Å². The number of rotatable bonds is 1. The van der Waals surface area contributed by atoms with Crippen LogP contribution in [0.15, 0.2) is 23.8 Å². The molecule has 0 bridgehead atoms. The molecular formula is C8H14NNaO3S. The summed E-state index contributed by atoms with van der Waals surface area (Å²) < 4.78 is 29.6. The van der Waals surface area contributed by atoms with E-state index in [0.29, 0.717) is 0 Å². The van der Waals surface area contributed by atoms with Gasteiger partial charge in [-0.25, -0.2) is 0 Å². The summed E-state index contributed by atoms with van der Waals surface area (Å²) in [5.41, 5.74) is 6.35. The number of nitrogens with two attached hydrogens (primary N) is 1. The fourth-order valence-corrected chi connectivity index (χ4v) is 1.79. The molecule has 0 aromatic rings. The van der Waals surface area contributed by atoms with Crippen LogP contribution in [0.4, 0.5) is 0 Å². The van der Waals surface area contributed by atoms with Gasteiger partial charge in [0, 0.05) is 6.04 Å². The quantitative estimate of drug-likeness (QED) is 0.370. The zero-order valence-electron chi connectivity index (χ0n) is 7.56. The fourth-order valence-electron chi connectivity index (χ4n) is 1.20. The molecule has 0 saturated carbocycles. The van der Waals surface area contributed by atoms with Crippen molar-refractivity contribution in [2.75, 3.05) is 0 Å². The van der Waals surface area contributed by atoms with E-state index < -0.39 is 14.9 Å². The van der Waals surface area contributed by atoms with Crippen LogP contribution in [0.2, 0.25) is 0 Å². The van der Waals surface area contributed by atoms with E-state index >= 15 is 0 Å². The molecule has 1 aliphatic carbocycles. The van der Waals surface area contributed by atoms with Crippen molar-refractivity contribution in [3.05, 3.63) is 23.8 Å². The summed E-state index contributed by atoms with van der Waals surface area (Å²) in [5.74, 6) is 0. The number of hydrogen-bond donors (Lipinski definition) is 2. The van der Waals surface area contributed by atoms with Crippen LogP contribution in [0.1, 0.15) is 13.8 Å². The molecule has 0 heterocycles. The van der Waals surface area contributed by atoms with Gasteiger partial charge in [0.2, 0.25) is 0 Å². The van der Waals surface area contributed by atoms with Crippen LogP contribution < -0.4 is 5.73 Å². The molecule has 2 unspecified atom stereocenters. The molecule has 76 valence electrons. The van der Waals surface area contributed by atoms with Crippen molar-refractivity contribution in [3.63, 3.8) is 0 Å². The first-order valence-corrected chi connectivity index (χ1v) is 5.31. The molecule has 4 nitrogen and oxygen atoms in total. The first-order valence-electron chi connectivity index (χ1n) is 3.87. The second-order valence-corrected chi connectivity index (χ2v) is 5.26. The molecule has 14 heavy (non-hydrogen) atoms. The van der Waals surface area contributed by atoms with Gasteiger partial charge < -0.3 is 5.73 Å². The first-order chi connectivity index (χ1) is 5.76. The van der Waals surface area contributed by atoms with Crippen LogP contribution in [0.3, 0.4) is 0 Å². The summed E-state index contributed by atoms with van der Waals surface area (Å²) in [6.07, 6.45) is 4.44. The van der Waals surface area contributed by atoms with Gasteiger partial charge in [-0.1, -0.05) is 23.8 Å². The maximum absolute atomic E-state index is 11.0. The molecule has 0 spiro atoms. The van der Waals surface area contributed by atoms with Crippen LogP contribution in [-0.2, 0) is 10.1 Å². The Labute approximate surface area is 106 Å². The van der Waals surface area contributed by atoms with Crippen LogP contribution in [-0.4, -0.2) is 53.3 Å². The summed E-state index contributed by atoms with van der Waals surface area (Å²) >= 11 is 0. The second kappa shape index (κ2) is 4.47. The molecule has 2 atom stereocenters. The molecule has 0 saturated heterocycles. The second-order valence-electron chi connectivity index (χ2n) is 3.43. The molecule has 0 aromatic carbocycles. The Kier molecular flexibility index (Phi) is 4.58. The van der Waals surface area contributed by atoms with E-state index in [9.17, 15) is 8.42 Å². The monoisotopic (exact) mass is 227 g/mol. The minimum atomic E-state index is -4.10. The van der Waals surface area contributed by atoms with E-state index in [1.54, 1.807) is 13.0 Å². The van der Waals surface area contributed by atoms with Crippen molar-refractivity contribution in [3.8, 4) is 0 Å². The van der Waals surface area contributed by atoms with E-state index in [-0.39, 0.29) is 35.6 Å². The topological polar surface area (TPSA) is 80.4 Å².